The molecule has 2 rings (SSSR count). The lowest BCUT2D eigenvalue weighted by molar-refractivity contribution is 0.0886. The van der Waals surface area contributed by atoms with E-state index in [9.17, 15) is 4.79 Å². The molecule has 1 saturated heterocycles. The lowest BCUT2D eigenvalue weighted by Gasteiger charge is -2.26. The molecule has 0 aliphatic carbocycles. The third-order valence-electron chi connectivity index (χ3n) is 2.66. The Morgan fingerprint density at radius 1 is 1.40 bits per heavy atom. The van der Waals surface area contributed by atoms with Crippen molar-refractivity contribution >= 4 is 5.91 Å². The van der Waals surface area contributed by atoms with Gasteiger partial charge in [0.15, 0.2) is 5.76 Å². The molecular weight excluding hydrogens is 192 g/mol. The van der Waals surface area contributed by atoms with Crippen LogP contribution in [0.3, 0.4) is 0 Å². The number of piperidine rings is 1. The molecule has 82 valence electrons. The predicted octanol–water partition coefficient (Wildman–Crippen LogP) is 1.45. The maximum Gasteiger partial charge on any atom is 0.287 e. The second-order valence-electron chi connectivity index (χ2n) is 3.82. The van der Waals surface area contributed by atoms with Gasteiger partial charge in [-0.3, -0.25) is 9.69 Å². The lowest BCUT2D eigenvalue weighted by Crippen LogP contribution is -2.40. The summed E-state index contributed by atoms with van der Waals surface area (Å²) in [6, 6.07) is 3.39. The Morgan fingerprint density at radius 3 is 2.87 bits per heavy atom. The first-order valence-electron chi connectivity index (χ1n) is 5.40. The van der Waals surface area contributed by atoms with E-state index in [2.05, 4.69) is 10.2 Å². The summed E-state index contributed by atoms with van der Waals surface area (Å²) in [6.45, 7) is 2.79. The van der Waals surface area contributed by atoms with Crippen molar-refractivity contribution in [3.63, 3.8) is 0 Å². The van der Waals surface area contributed by atoms with Gasteiger partial charge >= 0.3 is 0 Å². The first-order chi connectivity index (χ1) is 7.36. The highest BCUT2D eigenvalue weighted by Gasteiger charge is 2.12. The molecule has 1 aromatic heterocycles. The molecule has 1 aliphatic rings. The van der Waals surface area contributed by atoms with Crippen molar-refractivity contribution in [2.45, 2.75) is 19.3 Å². The zero-order chi connectivity index (χ0) is 10.5. The molecule has 0 bridgehead atoms. The molecule has 0 saturated carbocycles. The van der Waals surface area contributed by atoms with E-state index in [1.165, 1.54) is 25.5 Å². The van der Waals surface area contributed by atoms with Gasteiger partial charge in [-0.15, -0.1) is 0 Å². The van der Waals surface area contributed by atoms with Crippen LogP contribution in [0.4, 0.5) is 0 Å². The van der Waals surface area contributed by atoms with Crippen LogP contribution in [-0.4, -0.2) is 30.6 Å². The van der Waals surface area contributed by atoms with E-state index in [0.29, 0.717) is 12.4 Å². The summed E-state index contributed by atoms with van der Waals surface area (Å²) >= 11 is 0. The average Bonchev–Trinajstić information content (AvgIpc) is 2.81. The maximum absolute atomic E-state index is 11.5. The minimum Gasteiger partial charge on any atom is -0.459 e. The Balaban J connectivity index is 1.75. The lowest BCUT2D eigenvalue weighted by atomic mass is 10.1. The number of nitrogens with zero attached hydrogens (tertiary/aromatic N) is 1. The normalized spacial score (nSPS) is 17.6. The van der Waals surface area contributed by atoms with Crippen LogP contribution in [0.25, 0.3) is 0 Å². The van der Waals surface area contributed by atoms with Crippen molar-refractivity contribution in [2.75, 3.05) is 19.8 Å². The minimum absolute atomic E-state index is 0.134. The van der Waals surface area contributed by atoms with Crippen molar-refractivity contribution in [1.82, 2.24) is 10.2 Å². The molecule has 1 aromatic rings. The largest absolute Gasteiger partial charge is 0.459 e. The molecule has 0 spiro atoms. The summed E-state index contributed by atoms with van der Waals surface area (Å²) in [4.78, 5) is 13.8. The number of hydrogen-bond acceptors (Lipinski definition) is 3. The van der Waals surface area contributed by atoms with Gasteiger partial charge in [-0.05, 0) is 38.1 Å². The van der Waals surface area contributed by atoms with Crippen LogP contribution in [-0.2, 0) is 0 Å². The fraction of sp³-hybridized carbons (Fsp3) is 0.545. The van der Waals surface area contributed by atoms with Gasteiger partial charge in [-0.2, -0.15) is 0 Å². The molecule has 0 radical (unpaired) electrons. The quantitative estimate of drug-likeness (QED) is 0.817. The first kappa shape index (κ1) is 10.2. The minimum atomic E-state index is -0.134. The van der Waals surface area contributed by atoms with Gasteiger partial charge in [0.1, 0.15) is 0 Å². The fourth-order valence-corrected chi connectivity index (χ4v) is 1.80. The Kier molecular flexibility index (Phi) is 3.40. The number of carbonyl (C=O) groups excluding carboxylic acids is 1. The topological polar surface area (TPSA) is 45.5 Å². The number of amides is 1. The maximum atomic E-state index is 11.5. The van der Waals surface area contributed by atoms with Crippen molar-refractivity contribution in [1.29, 1.82) is 0 Å². The molecule has 1 amide bonds. The summed E-state index contributed by atoms with van der Waals surface area (Å²) in [5.41, 5.74) is 0. The molecule has 0 atom stereocenters. The van der Waals surface area contributed by atoms with E-state index in [1.54, 1.807) is 12.1 Å². The molecular formula is C11H16N2O2. The molecule has 0 unspecified atom stereocenters. The Labute approximate surface area is 89.2 Å². The number of carbonyl (C=O) groups is 1. The van der Waals surface area contributed by atoms with Crippen molar-refractivity contribution in [3.8, 4) is 0 Å². The van der Waals surface area contributed by atoms with Gasteiger partial charge in [0.2, 0.25) is 0 Å². The summed E-state index contributed by atoms with van der Waals surface area (Å²) in [5, 5.41) is 2.85. The third-order valence-corrected chi connectivity index (χ3v) is 2.66. The average molecular weight is 208 g/mol. The zero-order valence-electron chi connectivity index (χ0n) is 8.74. The predicted molar refractivity (Wildman–Crippen MR) is 56.5 cm³/mol. The number of rotatable bonds is 3. The standard InChI is InChI=1S/C11H16N2O2/c14-11(10-5-4-8-15-10)12-9-13-6-2-1-3-7-13/h4-5,8H,1-3,6-7,9H2,(H,12,14). The third kappa shape index (κ3) is 2.83. The summed E-state index contributed by atoms with van der Waals surface area (Å²) in [7, 11) is 0. The van der Waals surface area contributed by atoms with Crippen LogP contribution < -0.4 is 5.32 Å². The molecule has 1 aliphatic heterocycles. The van der Waals surface area contributed by atoms with Crippen LogP contribution in [0.5, 0.6) is 0 Å². The second kappa shape index (κ2) is 4.98. The number of nitrogens with one attached hydrogen (secondary N) is 1. The van der Waals surface area contributed by atoms with Gasteiger partial charge in [0.05, 0.1) is 12.9 Å². The number of hydrogen-bond donors (Lipinski definition) is 1. The summed E-state index contributed by atoms with van der Waals surface area (Å²) in [5.74, 6) is 0.248. The number of furan rings is 1. The SMILES string of the molecule is O=C(NCN1CCCCC1)c1ccco1. The molecule has 15 heavy (non-hydrogen) atoms. The van der Waals surface area contributed by atoms with Crippen LogP contribution in [0.1, 0.15) is 29.8 Å². The smallest absolute Gasteiger partial charge is 0.287 e. The Hall–Kier alpha value is -1.29. The van der Waals surface area contributed by atoms with E-state index in [4.69, 9.17) is 4.42 Å². The highest BCUT2D eigenvalue weighted by molar-refractivity contribution is 5.91. The summed E-state index contributed by atoms with van der Waals surface area (Å²) in [6.07, 6.45) is 5.28. The van der Waals surface area contributed by atoms with Gasteiger partial charge < -0.3 is 9.73 Å². The number of likely N-dealkylation sites (tertiary alicyclic amines) is 1. The Morgan fingerprint density at radius 2 is 2.20 bits per heavy atom. The summed E-state index contributed by atoms with van der Waals surface area (Å²) < 4.78 is 5.00. The second-order valence-corrected chi connectivity index (χ2v) is 3.82. The Bertz CT molecular complexity index is 302. The van der Waals surface area contributed by atoms with Gasteiger partial charge in [-0.25, -0.2) is 0 Å². The highest BCUT2D eigenvalue weighted by Crippen LogP contribution is 2.07. The van der Waals surface area contributed by atoms with Crippen molar-refractivity contribution < 1.29 is 9.21 Å². The zero-order valence-corrected chi connectivity index (χ0v) is 8.74. The molecule has 0 aromatic carbocycles. The van der Waals surface area contributed by atoms with E-state index in [-0.39, 0.29) is 5.91 Å². The molecule has 1 fully saturated rings. The van der Waals surface area contributed by atoms with Crippen LogP contribution in [0.2, 0.25) is 0 Å². The van der Waals surface area contributed by atoms with Crippen molar-refractivity contribution in [2.24, 2.45) is 0 Å². The first-order valence-corrected chi connectivity index (χ1v) is 5.40. The van der Waals surface area contributed by atoms with E-state index in [0.717, 1.165) is 13.1 Å². The molecule has 4 heteroatoms. The monoisotopic (exact) mass is 208 g/mol. The van der Waals surface area contributed by atoms with E-state index in [1.807, 2.05) is 0 Å². The van der Waals surface area contributed by atoms with Gasteiger partial charge in [0.25, 0.3) is 5.91 Å². The fourth-order valence-electron chi connectivity index (χ4n) is 1.80. The van der Waals surface area contributed by atoms with Crippen molar-refractivity contribution in [3.05, 3.63) is 24.2 Å². The van der Waals surface area contributed by atoms with Crippen LogP contribution >= 0.6 is 0 Å². The molecule has 4 nitrogen and oxygen atoms in total. The van der Waals surface area contributed by atoms with Gasteiger partial charge in [0, 0.05) is 0 Å². The van der Waals surface area contributed by atoms with E-state index < -0.39 is 0 Å². The molecule has 2 heterocycles. The molecule has 1 N–H and O–H groups in total. The van der Waals surface area contributed by atoms with Crippen LogP contribution in [0, 0.1) is 0 Å². The highest BCUT2D eigenvalue weighted by atomic mass is 16.3. The van der Waals surface area contributed by atoms with E-state index >= 15 is 0 Å². The van der Waals surface area contributed by atoms with Gasteiger partial charge in [-0.1, -0.05) is 6.42 Å². The van der Waals surface area contributed by atoms with Crippen LogP contribution in [0.15, 0.2) is 22.8 Å².